The summed E-state index contributed by atoms with van der Waals surface area (Å²) in [6.45, 7) is 9.05. The molecule has 2 heteroatoms. The highest BCUT2D eigenvalue weighted by Crippen LogP contribution is 2.54. The van der Waals surface area contributed by atoms with E-state index in [0.717, 1.165) is 36.5 Å². The molecular formula is C25H36O2. The van der Waals surface area contributed by atoms with E-state index in [2.05, 4.69) is 39.8 Å². The van der Waals surface area contributed by atoms with E-state index < -0.39 is 0 Å². The molecule has 1 aromatic rings. The lowest BCUT2D eigenvalue weighted by Gasteiger charge is -2.47. The van der Waals surface area contributed by atoms with Crippen LogP contribution in [0.4, 0.5) is 0 Å². The maximum absolute atomic E-state index is 11.0. The van der Waals surface area contributed by atoms with Crippen molar-refractivity contribution < 1.29 is 9.84 Å². The Hall–Kier alpha value is -1.44. The summed E-state index contributed by atoms with van der Waals surface area (Å²) in [5.74, 6) is 3.71. The van der Waals surface area contributed by atoms with Crippen LogP contribution in [-0.4, -0.2) is 10.7 Å². The molecule has 2 nitrogen and oxygen atoms in total. The zero-order chi connectivity index (χ0) is 19.2. The van der Waals surface area contributed by atoms with Gasteiger partial charge in [0.2, 0.25) is 0 Å². The normalized spacial score (nSPS) is 28.5. The second-order valence-electron chi connectivity index (χ2n) is 10.0. The van der Waals surface area contributed by atoms with Gasteiger partial charge in [-0.05, 0) is 69.6 Å². The average Bonchev–Trinajstić information content (AvgIpc) is 2.61. The minimum atomic E-state index is -0.186. The number of phenolic OH excluding ortho intramolecular Hbond substituents is 1. The van der Waals surface area contributed by atoms with E-state index in [1.807, 2.05) is 6.07 Å². The van der Waals surface area contributed by atoms with Gasteiger partial charge in [-0.2, -0.15) is 0 Å². The molecule has 1 saturated carbocycles. The van der Waals surface area contributed by atoms with Crippen LogP contribution in [0.2, 0.25) is 0 Å². The third-order valence-electron chi connectivity index (χ3n) is 7.58. The lowest BCUT2D eigenvalue weighted by molar-refractivity contribution is 0.00750. The fraction of sp³-hybridized carbons (Fsp3) is 0.680. The Bertz CT molecular complexity index is 724. The second-order valence-corrected chi connectivity index (χ2v) is 10.0. The maximum atomic E-state index is 11.0. The van der Waals surface area contributed by atoms with Gasteiger partial charge < -0.3 is 9.84 Å². The molecule has 3 unspecified atom stereocenters. The van der Waals surface area contributed by atoms with E-state index in [9.17, 15) is 5.11 Å². The summed E-state index contributed by atoms with van der Waals surface area (Å²) in [7, 11) is 0. The summed E-state index contributed by atoms with van der Waals surface area (Å²) in [6.07, 6.45) is 12.4. The molecule has 0 radical (unpaired) electrons. The standard InChI is InChI=1S/C25H36O2/c1-16-10-11-21-20(12-16)24-22(26)14-18(15-23(24)27-25(21,3)4)13-17(2)19-8-6-5-7-9-19/h10,14-15,17,19-21,26H,5-9,11-13H2,1-4H3. The number of hydrogen-bond acceptors (Lipinski definition) is 2. The molecule has 0 saturated heterocycles. The highest BCUT2D eigenvalue weighted by molar-refractivity contribution is 5.52. The lowest BCUT2D eigenvalue weighted by Crippen LogP contribution is -2.45. The van der Waals surface area contributed by atoms with Crippen molar-refractivity contribution in [1.29, 1.82) is 0 Å². The van der Waals surface area contributed by atoms with Crippen LogP contribution >= 0.6 is 0 Å². The summed E-state index contributed by atoms with van der Waals surface area (Å²) in [6, 6.07) is 4.27. The lowest BCUT2D eigenvalue weighted by atomic mass is 9.67. The van der Waals surface area contributed by atoms with Gasteiger partial charge >= 0.3 is 0 Å². The van der Waals surface area contributed by atoms with Crippen molar-refractivity contribution in [2.75, 3.05) is 0 Å². The number of rotatable bonds is 3. The predicted molar refractivity (Wildman–Crippen MR) is 111 cm³/mol. The molecule has 0 amide bonds. The van der Waals surface area contributed by atoms with E-state index in [-0.39, 0.29) is 5.60 Å². The fourth-order valence-electron chi connectivity index (χ4n) is 5.98. The van der Waals surface area contributed by atoms with Gasteiger partial charge in [0.15, 0.2) is 0 Å². The van der Waals surface area contributed by atoms with Crippen molar-refractivity contribution in [3.05, 3.63) is 34.9 Å². The molecule has 1 aromatic carbocycles. The highest BCUT2D eigenvalue weighted by Gasteiger charge is 2.45. The molecule has 0 spiro atoms. The van der Waals surface area contributed by atoms with Gasteiger partial charge in [-0.15, -0.1) is 0 Å². The number of hydrogen-bond donors (Lipinski definition) is 1. The van der Waals surface area contributed by atoms with Crippen LogP contribution in [0, 0.1) is 17.8 Å². The molecule has 0 bridgehead atoms. The molecule has 1 fully saturated rings. The Morgan fingerprint density at radius 3 is 2.67 bits per heavy atom. The Morgan fingerprint density at radius 1 is 1.19 bits per heavy atom. The second kappa shape index (κ2) is 7.18. The summed E-state index contributed by atoms with van der Waals surface area (Å²) < 4.78 is 6.48. The Labute approximate surface area is 165 Å². The van der Waals surface area contributed by atoms with Crippen molar-refractivity contribution in [1.82, 2.24) is 0 Å². The molecule has 1 aliphatic heterocycles. The van der Waals surface area contributed by atoms with Crippen molar-refractivity contribution in [3.8, 4) is 11.5 Å². The fourth-order valence-corrected chi connectivity index (χ4v) is 5.98. The first-order chi connectivity index (χ1) is 12.8. The first kappa shape index (κ1) is 18.9. The van der Waals surface area contributed by atoms with Crippen LogP contribution in [0.25, 0.3) is 0 Å². The Balaban J connectivity index is 1.62. The number of allylic oxidation sites excluding steroid dienone is 2. The van der Waals surface area contributed by atoms with Gasteiger partial charge in [0.05, 0.1) is 0 Å². The van der Waals surface area contributed by atoms with E-state index in [4.69, 9.17) is 4.74 Å². The molecule has 2 aliphatic carbocycles. The van der Waals surface area contributed by atoms with Crippen LogP contribution in [-0.2, 0) is 6.42 Å². The predicted octanol–water partition coefficient (Wildman–Crippen LogP) is 6.76. The largest absolute Gasteiger partial charge is 0.508 e. The van der Waals surface area contributed by atoms with Gasteiger partial charge in [0.1, 0.15) is 17.1 Å². The van der Waals surface area contributed by atoms with E-state index in [1.54, 1.807) is 0 Å². The molecule has 1 heterocycles. The van der Waals surface area contributed by atoms with E-state index in [1.165, 1.54) is 43.2 Å². The molecule has 3 atom stereocenters. The van der Waals surface area contributed by atoms with E-state index in [0.29, 0.717) is 23.5 Å². The third kappa shape index (κ3) is 3.65. The quantitative estimate of drug-likeness (QED) is 0.597. The number of phenols is 1. The van der Waals surface area contributed by atoms with Crippen LogP contribution in [0.1, 0.15) is 89.7 Å². The van der Waals surface area contributed by atoms with Crippen LogP contribution in [0.5, 0.6) is 11.5 Å². The van der Waals surface area contributed by atoms with Crippen LogP contribution < -0.4 is 4.74 Å². The van der Waals surface area contributed by atoms with E-state index >= 15 is 0 Å². The topological polar surface area (TPSA) is 29.5 Å². The van der Waals surface area contributed by atoms with Crippen molar-refractivity contribution in [2.45, 2.75) is 90.6 Å². The van der Waals surface area contributed by atoms with Gasteiger partial charge in [0.25, 0.3) is 0 Å². The molecule has 27 heavy (non-hydrogen) atoms. The van der Waals surface area contributed by atoms with Gasteiger partial charge in [-0.1, -0.05) is 50.7 Å². The Kier molecular flexibility index (Phi) is 5.03. The SMILES string of the molecule is CC1=CCC2C(C1)c1c(O)cc(CC(C)C3CCCCC3)cc1OC2(C)C. The van der Waals surface area contributed by atoms with Gasteiger partial charge in [0, 0.05) is 17.4 Å². The molecule has 148 valence electrons. The smallest absolute Gasteiger partial charge is 0.127 e. The summed E-state index contributed by atoms with van der Waals surface area (Å²) >= 11 is 0. The van der Waals surface area contributed by atoms with Crippen LogP contribution in [0.3, 0.4) is 0 Å². The molecule has 1 N–H and O–H groups in total. The zero-order valence-electron chi connectivity index (χ0n) is 17.6. The van der Waals surface area contributed by atoms with Gasteiger partial charge in [-0.3, -0.25) is 0 Å². The molecule has 3 aliphatic rings. The number of ether oxygens (including phenoxy) is 1. The summed E-state index contributed by atoms with van der Waals surface area (Å²) in [4.78, 5) is 0. The molecular weight excluding hydrogens is 332 g/mol. The summed E-state index contributed by atoms with van der Waals surface area (Å²) in [5.41, 5.74) is 3.55. The monoisotopic (exact) mass is 368 g/mol. The number of fused-ring (bicyclic) bond motifs is 3. The molecule has 0 aromatic heterocycles. The average molecular weight is 369 g/mol. The number of aromatic hydroxyl groups is 1. The first-order valence-electron chi connectivity index (χ1n) is 11.1. The molecule has 4 rings (SSSR count). The third-order valence-corrected chi connectivity index (χ3v) is 7.58. The van der Waals surface area contributed by atoms with Gasteiger partial charge in [-0.25, -0.2) is 0 Å². The minimum absolute atomic E-state index is 0.186. The van der Waals surface area contributed by atoms with Crippen LogP contribution in [0.15, 0.2) is 23.8 Å². The Morgan fingerprint density at radius 2 is 1.93 bits per heavy atom. The first-order valence-corrected chi connectivity index (χ1v) is 11.1. The van der Waals surface area contributed by atoms with Crippen molar-refractivity contribution >= 4 is 0 Å². The highest BCUT2D eigenvalue weighted by atomic mass is 16.5. The zero-order valence-corrected chi connectivity index (χ0v) is 17.6. The maximum Gasteiger partial charge on any atom is 0.127 e. The van der Waals surface area contributed by atoms with Crippen molar-refractivity contribution in [2.24, 2.45) is 17.8 Å². The number of benzene rings is 1. The van der Waals surface area contributed by atoms with Crippen molar-refractivity contribution in [3.63, 3.8) is 0 Å². The summed E-state index contributed by atoms with van der Waals surface area (Å²) in [5, 5.41) is 11.0. The minimum Gasteiger partial charge on any atom is -0.508 e.